The molecule has 1 aromatic rings. The zero-order valence-electron chi connectivity index (χ0n) is 16.6. The molecule has 0 radical (unpaired) electrons. The van der Waals surface area contributed by atoms with Crippen molar-refractivity contribution < 1.29 is 19.1 Å². The summed E-state index contributed by atoms with van der Waals surface area (Å²) in [5, 5.41) is 0. The summed E-state index contributed by atoms with van der Waals surface area (Å²) in [4.78, 5) is 24.7. The number of benzene rings is 1. The van der Waals surface area contributed by atoms with E-state index in [-0.39, 0.29) is 17.0 Å². The molecule has 1 aliphatic carbocycles. The first-order chi connectivity index (χ1) is 13.2. The zero-order chi connectivity index (χ0) is 19.5. The van der Waals surface area contributed by atoms with E-state index in [4.69, 9.17) is 9.47 Å². The van der Waals surface area contributed by atoms with E-state index in [0.717, 1.165) is 18.4 Å². The molecule has 1 aromatic carbocycles. The minimum absolute atomic E-state index is 0.0176. The van der Waals surface area contributed by atoms with E-state index in [1.807, 2.05) is 50.3 Å². The van der Waals surface area contributed by atoms with Crippen LogP contribution in [-0.2, 0) is 25.7 Å². The molecule has 4 nitrogen and oxygen atoms in total. The monoisotopic (exact) mass is 372 g/mol. The van der Waals surface area contributed by atoms with Gasteiger partial charge >= 0.3 is 0 Å². The first kappa shape index (κ1) is 21.5. The van der Waals surface area contributed by atoms with Gasteiger partial charge in [-0.05, 0) is 42.7 Å². The third-order valence-corrected chi connectivity index (χ3v) is 5.26. The number of Topliss-reactive ketones (excluding diaryl/α,β-unsaturated/α-hetero) is 1. The fourth-order valence-corrected chi connectivity index (χ4v) is 3.66. The Kier molecular flexibility index (Phi) is 8.89. The van der Waals surface area contributed by atoms with E-state index in [0.29, 0.717) is 45.7 Å². The predicted octanol–water partition coefficient (Wildman–Crippen LogP) is 4.52. The zero-order valence-corrected chi connectivity index (χ0v) is 16.6. The summed E-state index contributed by atoms with van der Waals surface area (Å²) in [6, 6.07) is 9.98. The fourth-order valence-electron chi connectivity index (χ4n) is 3.66. The summed E-state index contributed by atoms with van der Waals surface area (Å²) in [5.41, 5.74) is 1.11. The maximum atomic E-state index is 12.5. The Balaban J connectivity index is 0.00000126. The topological polar surface area (TPSA) is 52.6 Å². The highest BCUT2D eigenvalue weighted by atomic mass is 16.5. The van der Waals surface area contributed by atoms with Crippen molar-refractivity contribution in [3.8, 4) is 0 Å². The number of ketones is 2. The van der Waals surface area contributed by atoms with Gasteiger partial charge in [-0.15, -0.1) is 0 Å². The van der Waals surface area contributed by atoms with Crippen molar-refractivity contribution in [2.24, 2.45) is 11.3 Å². The minimum atomic E-state index is -0.475. The van der Waals surface area contributed by atoms with Crippen molar-refractivity contribution in [1.29, 1.82) is 0 Å². The molecule has 0 aromatic heterocycles. The van der Waals surface area contributed by atoms with Crippen LogP contribution in [0.2, 0.25) is 0 Å². The van der Waals surface area contributed by atoms with Gasteiger partial charge in [0.2, 0.25) is 0 Å². The smallest absolute Gasteiger partial charge is 0.165 e. The van der Waals surface area contributed by atoms with Crippen molar-refractivity contribution in [2.45, 2.75) is 52.6 Å². The van der Waals surface area contributed by atoms with Gasteiger partial charge in [-0.3, -0.25) is 9.59 Å². The van der Waals surface area contributed by atoms with E-state index >= 15 is 0 Å². The lowest BCUT2D eigenvalue weighted by atomic mass is 9.68. The van der Waals surface area contributed by atoms with Crippen LogP contribution in [0, 0.1) is 11.3 Å². The van der Waals surface area contributed by atoms with E-state index in [1.54, 1.807) is 6.08 Å². The van der Waals surface area contributed by atoms with Crippen LogP contribution in [0.3, 0.4) is 0 Å². The molecular formula is C23H32O4. The molecule has 148 valence electrons. The Labute approximate surface area is 162 Å². The third-order valence-electron chi connectivity index (χ3n) is 5.26. The number of allylic oxidation sites excluding steroid dienone is 2. The standard InChI is InChI=1S/C21H26O4.C2H6/c22-19(7-4-12-25-16-17-5-2-1-3-6-17)18-15-21(9-8-20(18)23)10-13-24-14-11-21;1-2/h1-3,5-6,8-9,18H,4,7,10-16H2;1-2H3. The van der Waals surface area contributed by atoms with Gasteiger partial charge in [0.15, 0.2) is 5.78 Å². The van der Waals surface area contributed by atoms with E-state index in [2.05, 4.69) is 0 Å². The Morgan fingerprint density at radius 3 is 2.59 bits per heavy atom. The van der Waals surface area contributed by atoms with Gasteiger partial charge in [-0.1, -0.05) is 50.3 Å². The quantitative estimate of drug-likeness (QED) is 0.521. The normalized spacial score (nSPS) is 20.8. The second-order valence-corrected chi connectivity index (χ2v) is 7.08. The van der Waals surface area contributed by atoms with Crippen LogP contribution in [0.25, 0.3) is 0 Å². The van der Waals surface area contributed by atoms with Crippen molar-refractivity contribution in [3.63, 3.8) is 0 Å². The van der Waals surface area contributed by atoms with Crippen LogP contribution in [0.15, 0.2) is 42.5 Å². The molecule has 1 fully saturated rings. The highest BCUT2D eigenvalue weighted by molar-refractivity contribution is 6.08. The van der Waals surface area contributed by atoms with Crippen molar-refractivity contribution >= 4 is 11.6 Å². The Hall–Kier alpha value is -1.78. The second-order valence-electron chi connectivity index (χ2n) is 7.08. The lowest BCUT2D eigenvalue weighted by Gasteiger charge is -2.38. The summed E-state index contributed by atoms with van der Waals surface area (Å²) in [6.07, 6.45) is 7.17. The molecule has 0 bridgehead atoms. The average molecular weight is 373 g/mol. The SMILES string of the molecule is CC.O=C1C=CC2(CCOCC2)CC1C(=O)CCCOCc1ccccc1. The van der Waals surface area contributed by atoms with Gasteiger partial charge in [0.05, 0.1) is 12.5 Å². The molecule has 0 amide bonds. The van der Waals surface area contributed by atoms with Gasteiger partial charge in [-0.25, -0.2) is 0 Å². The summed E-state index contributed by atoms with van der Waals surface area (Å²) in [6.45, 7) is 6.53. The van der Waals surface area contributed by atoms with Crippen LogP contribution in [-0.4, -0.2) is 31.4 Å². The maximum Gasteiger partial charge on any atom is 0.165 e. The molecule has 2 aliphatic rings. The average Bonchev–Trinajstić information content (AvgIpc) is 2.72. The molecule has 1 unspecified atom stereocenters. The molecule has 1 saturated heterocycles. The highest BCUT2D eigenvalue weighted by Crippen LogP contribution is 2.42. The Bertz CT molecular complexity index is 615. The van der Waals surface area contributed by atoms with E-state index < -0.39 is 5.92 Å². The van der Waals surface area contributed by atoms with Gasteiger partial charge < -0.3 is 9.47 Å². The van der Waals surface area contributed by atoms with Gasteiger partial charge in [0, 0.05) is 26.2 Å². The summed E-state index contributed by atoms with van der Waals surface area (Å²) >= 11 is 0. The predicted molar refractivity (Wildman–Crippen MR) is 106 cm³/mol. The minimum Gasteiger partial charge on any atom is -0.381 e. The summed E-state index contributed by atoms with van der Waals surface area (Å²) < 4.78 is 11.1. The molecule has 0 saturated carbocycles. The molecule has 4 heteroatoms. The molecule has 0 N–H and O–H groups in total. The van der Waals surface area contributed by atoms with Crippen molar-refractivity contribution in [2.75, 3.05) is 19.8 Å². The Morgan fingerprint density at radius 1 is 1.19 bits per heavy atom. The van der Waals surface area contributed by atoms with Crippen LogP contribution in [0.4, 0.5) is 0 Å². The van der Waals surface area contributed by atoms with Gasteiger partial charge in [0.25, 0.3) is 0 Å². The van der Waals surface area contributed by atoms with Crippen molar-refractivity contribution in [1.82, 2.24) is 0 Å². The lowest BCUT2D eigenvalue weighted by Crippen LogP contribution is -2.38. The first-order valence-corrected chi connectivity index (χ1v) is 10.1. The molecule has 1 aliphatic heterocycles. The van der Waals surface area contributed by atoms with Crippen LogP contribution in [0.1, 0.15) is 51.5 Å². The molecule has 27 heavy (non-hydrogen) atoms. The molecule has 1 heterocycles. The summed E-state index contributed by atoms with van der Waals surface area (Å²) in [5.74, 6) is -0.451. The highest BCUT2D eigenvalue weighted by Gasteiger charge is 2.40. The first-order valence-electron chi connectivity index (χ1n) is 10.1. The number of carbonyl (C=O) groups is 2. The molecular weight excluding hydrogens is 340 g/mol. The van der Waals surface area contributed by atoms with Gasteiger partial charge in [0.1, 0.15) is 5.78 Å². The number of rotatable bonds is 7. The lowest BCUT2D eigenvalue weighted by molar-refractivity contribution is -0.133. The number of hydrogen-bond acceptors (Lipinski definition) is 4. The third kappa shape index (κ3) is 6.40. The van der Waals surface area contributed by atoms with Crippen LogP contribution in [0.5, 0.6) is 0 Å². The second kappa shape index (κ2) is 11.2. The maximum absolute atomic E-state index is 12.5. The number of carbonyl (C=O) groups excluding carboxylic acids is 2. The summed E-state index contributed by atoms with van der Waals surface area (Å²) in [7, 11) is 0. The molecule has 1 atom stereocenters. The van der Waals surface area contributed by atoms with E-state index in [9.17, 15) is 9.59 Å². The van der Waals surface area contributed by atoms with Crippen LogP contribution < -0.4 is 0 Å². The largest absolute Gasteiger partial charge is 0.381 e. The Morgan fingerprint density at radius 2 is 1.89 bits per heavy atom. The molecule has 1 spiro atoms. The van der Waals surface area contributed by atoms with Crippen molar-refractivity contribution in [3.05, 3.63) is 48.0 Å². The number of hydrogen-bond donors (Lipinski definition) is 0. The number of ether oxygens (including phenoxy) is 2. The van der Waals surface area contributed by atoms with E-state index in [1.165, 1.54) is 0 Å². The van der Waals surface area contributed by atoms with Gasteiger partial charge in [-0.2, -0.15) is 0 Å². The fraction of sp³-hybridized carbons (Fsp3) is 0.565. The van der Waals surface area contributed by atoms with Crippen LogP contribution >= 0.6 is 0 Å². The molecule has 3 rings (SSSR count).